The number of nitrogens with one attached hydrogen (secondary N) is 1. The molecule has 25 heavy (non-hydrogen) atoms. The maximum Gasteiger partial charge on any atom is 0.123 e. The van der Waals surface area contributed by atoms with E-state index in [9.17, 15) is 0 Å². The van der Waals surface area contributed by atoms with Crippen LogP contribution in [0, 0.1) is 6.92 Å². The van der Waals surface area contributed by atoms with Crippen LogP contribution in [0.15, 0.2) is 18.3 Å². The predicted molar refractivity (Wildman–Crippen MR) is 97.4 cm³/mol. The van der Waals surface area contributed by atoms with E-state index in [0.29, 0.717) is 5.92 Å². The van der Waals surface area contributed by atoms with Gasteiger partial charge in [0, 0.05) is 49.3 Å². The summed E-state index contributed by atoms with van der Waals surface area (Å²) in [5.74, 6) is 3.67. The fourth-order valence-electron chi connectivity index (χ4n) is 4.09. The summed E-state index contributed by atoms with van der Waals surface area (Å²) in [5, 5.41) is 3.61. The van der Waals surface area contributed by atoms with Crippen LogP contribution >= 0.6 is 0 Å². The van der Waals surface area contributed by atoms with E-state index < -0.39 is 0 Å². The van der Waals surface area contributed by atoms with E-state index >= 15 is 0 Å². The number of hydrogen-bond acceptors (Lipinski definition) is 4. The van der Waals surface area contributed by atoms with Gasteiger partial charge in [-0.2, -0.15) is 0 Å². The molecule has 1 N–H and O–H groups in total. The van der Waals surface area contributed by atoms with Gasteiger partial charge in [0.2, 0.25) is 0 Å². The second-order valence-electron chi connectivity index (χ2n) is 7.31. The second-order valence-corrected chi connectivity index (χ2v) is 7.31. The fourth-order valence-corrected chi connectivity index (χ4v) is 4.09. The Hall–Kier alpha value is -2.01. The van der Waals surface area contributed by atoms with Gasteiger partial charge in [0.05, 0.1) is 12.8 Å². The maximum absolute atomic E-state index is 5.90. The van der Waals surface area contributed by atoms with Gasteiger partial charge in [-0.05, 0) is 38.8 Å². The SMILES string of the molecule is COc1cc2c(cc1CNC[C@@H]1CCCn3cc(C)nc31)O[C@H](C)C2. The van der Waals surface area contributed by atoms with Gasteiger partial charge in [-0.25, -0.2) is 4.98 Å². The molecule has 0 unspecified atom stereocenters. The molecule has 3 heterocycles. The molecular formula is C20H27N3O2. The standard InChI is InChI=1S/C20H27N3O2/c1-13-12-23-6-4-5-15(20(23)22-13)10-21-11-17-9-19-16(7-14(2)25-19)8-18(17)24-3/h8-9,12,14-15,21H,4-7,10-11H2,1-3H3/t14-,15+/m1/s1. The summed E-state index contributed by atoms with van der Waals surface area (Å²) in [5.41, 5.74) is 3.53. The second kappa shape index (κ2) is 6.71. The van der Waals surface area contributed by atoms with E-state index in [0.717, 1.165) is 48.8 Å². The summed E-state index contributed by atoms with van der Waals surface area (Å²) in [4.78, 5) is 4.73. The molecule has 5 nitrogen and oxygen atoms in total. The first kappa shape index (κ1) is 16.5. The van der Waals surface area contributed by atoms with Gasteiger partial charge in [-0.15, -0.1) is 0 Å². The van der Waals surface area contributed by atoms with Gasteiger partial charge in [0.1, 0.15) is 23.4 Å². The van der Waals surface area contributed by atoms with Gasteiger partial charge in [-0.3, -0.25) is 0 Å². The van der Waals surface area contributed by atoms with Crippen LogP contribution in [0.25, 0.3) is 0 Å². The van der Waals surface area contributed by atoms with Crippen molar-refractivity contribution in [3.8, 4) is 11.5 Å². The first-order valence-electron chi connectivity index (χ1n) is 9.25. The highest BCUT2D eigenvalue weighted by molar-refractivity contribution is 5.48. The number of ether oxygens (including phenoxy) is 2. The fraction of sp³-hybridized carbons (Fsp3) is 0.550. The van der Waals surface area contributed by atoms with E-state index in [1.807, 2.05) is 0 Å². The molecule has 0 aliphatic carbocycles. The Labute approximate surface area is 149 Å². The minimum atomic E-state index is 0.257. The summed E-state index contributed by atoms with van der Waals surface area (Å²) in [7, 11) is 1.74. The molecule has 0 saturated carbocycles. The Morgan fingerprint density at radius 1 is 1.40 bits per heavy atom. The normalized spacial score (nSPS) is 21.6. The summed E-state index contributed by atoms with van der Waals surface area (Å²) >= 11 is 0. The lowest BCUT2D eigenvalue weighted by Crippen LogP contribution is -2.26. The third kappa shape index (κ3) is 3.25. The largest absolute Gasteiger partial charge is 0.496 e. The highest BCUT2D eigenvalue weighted by Gasteiger charge is 2.23. The predicted octanol–water partition coefficient (Wildman–Crippen LogP) is 3.19. The van der Waals surface area contributed by atoms with E-state index in [-0.39, 0.29) is 6.10 Å². The third-order valence-corrected chi connectivity index (χ3v) is 5.25. The molecule has 2 atom stereocenters. The molecular weight excluding hydrogens is 314 g/mol. The molecule has 134 valence electrons. The van der Waals surface area contributed by atoms with Crippen molar-refractivity contribution in [2.75, 3.05) is 13.7 Å². The molecule has 2 aromatic rings. The Morgan fingerprint density at radius 3 is 3.12 bits per heavy atom. The number of nitrogens with zero attached hydrogens (tertiary/aromatic N) is 2. The monoisotopic (exact) mass is 341 g/mol. The van der Waals surface area contributed by atoms with E-state index in [1.165, 1.54) is 24.2 Å². The van der Waals surface area contributed by atoms with Crippen molar-refractivity contribution in [1.29, 1.82) is 0 Å². The lowest BCUT2D eigenvalue weighted by Gasteiger charge is -2.24. The topological polar surface area (TPSA) is 48.3 Å². The highest BCUT2D eigenvalue weighted by Crippen LogP contribution is 2.35. The van der Waals surface area contributed by atoms with Crippen molar-refractivity contribution in [3.63, 3.8) is 0 Å². The van der Waals surface area contributed by atoms with Gasteiger partial charge in [0.15, 0.2) is 0 Å². The minimum Gasteiger partial charge on any atom is -0.496 e. The molecule has 2 aliphatic heterocycles. The number of methoxy groups -OCH3 is 1. The molecule has 0 fully saturated rings. The van der Waals surface area contributed by atoms with Crippen LogP contribution < -0.4 is 14.8 Å². The van der Waals surface area contributed by atoms with Crippen LogP contribution in [-0.4, -0.2) is 29.3 Å². The van der Waals surface area contributed by atoms with Crippen molar-refractivity contribution < 1.29 is 9.47 Å². The zero-order valence-corrected chi connectivity index (χ0v) is 15.3. The van der Waals surface area contributed by atoms with Crippen LogP contribution in [-0.2, 0) is 19.5 Å². The maximum atomic E-state index is 5.90. The molecule has 5 heteroatoms. The minimum absolute atomic E-state index is 0.257. The number of benzene rings is 1. The number of rotatable bonds is 5. The van der Waals surface area contributed by atoms with E-state index in [2.05, 4.69) is 42.1 Å². The van der Waals surface area contributed by atoms with Crippen molar-refractivity contribution in [1.82, 2.24) is 14.9 Å². The smallest absolute Gasteiger partial charge is 0.123 e. The average Bonchev–Trinajstić information content (AvgIpc) is 3.14. The van der Waals surface area contributed by atoms with Crippen molar-refractivity contribution >= 4 is 0 Å². The first-order valence-corrected chi connectivity index (χ1v) is 9.25. The molecule has 0 radical (unpaired) electrons. The Morgan fingerprint density at radius 2 is 2.28 bits per heavy atom. The van der Waals surface area contributed by atoms with Crippen LogP contribution in [0.2, 0.25) is 0 Å². The van der Waals surface area contributed by atoms with Crippen LogP contribution in [0.4, 0.5) is 0 Å². The molecule has 1 aromatic heterocycles. The van der Waals surface area contributed by atoms with Crippen molar-refractivity contribution in [3.05, 3.63) is 41.0 Å². The average molecular weight is 341 g/mol. The van der Waals surface area contributed by atoms with Crippen molar-refractivity contribution in [2.45, 2.75) is 58.2 Å². The quantitative estimate of drug-likeness (QED) is 0.907. The number of hydrogen-bond donors (Lipinski definition) is 1. The lowest BCUT2D eigenvalue weighted by atomic mass is 9.98. The first-order chi connectivity index (χ1) is 12.1. The Bertz CT molecular complexity index is 769. The summed E-state index contributed by atoms with van der Waals surface area (Å²) < 4.78 is 13.8. The van der Waals surface area contributed by atoms with Crippen LogP contribution in [0.5, 0.6) is 11.5 Å². The van der Waals surface area contributed by atoms with Gasteiger partial charge in [-0.1, -0.05) is 0 Å². The molecule has 0 amide bonds. The molecule has 0 bridgehead atoms. The van der Waals surface area contributed by atoms with Gasteiger partial charge < -0.3 is 19.4 Å². The van der Waals surface area contributed by atoms with Crippen LogP contribution in [0.3, 0.4) is 0 Å². The summed E-state index contributed by atoms with van der Waals surface area (Å²) in [6.07, 6.45) is 5.81. The molecule has 4 rings (SSSR count). The van der Waals surface area contributed by atoms with Crippen molar-refractivity contribution in [2.24, 2.45) is 0 Å². The van der Waals surface area contributed by atoms with Crippen LogP contribution in [0.1, 0.15) is 48.3 Å². The Kier molecular flexibility index (Phi) is 4.42. The summed E-state index contributed by atoms with van der Waals surface area (Å²) in [6.45, 7) is 7.00. The number of aryl methyl sites for hydroxylation is 2. The molecule has 0 saturated heterocycles. The number of aromatic nitrogens is 2. The third-order valence-electron chi connectivity index (χ3n) is 5.25. The highest BCUT2D eigenvalue weighted by atomic mass is 16.5. The number of fused-ring (bicyclic) bond motifs is 2. The Balaban J connectivity index is 1.43. The van der Waals surface area contributed by atoms with Gasteiger partial charge >= 0.3 is 0 Å². The van der Waals surface area contributed by atoms with E-state index in [1.54, 1.807) is 7.11 Å². The van der Waals surface area contributed by atoms with E-state index in [4.69, 9.17) is 14.5 Å². The van der Waals surface area contributed by atoms with Gasteiger partial charge in [0.25, 0.3) is 0 Å². The zero-order valence-electron chi connectivity index (χ0n) is 15.3. The number of imidazole rings is 1. The molecule has 2 aliphatic rings. The summed E-state index contributed by atoms with van der Waals surface area (Å²) in [6, 6.07) is 4.27. The molecule has 1 aromatic carbocycles. The molecule has 0 spiro atoms. The zero-order chi connectivity index (χ0) is 17.4. The lowest BCUT2D eigenvalue weighted by molar-refractivity contribution is 0.254.